The summed E-state index contributed by atoms with van der Waals surface area (Å²) in [6.45, 7) is -0.0318. The predicted molar refractivity (Wildman–Crippen MR) is 61.9 cm³/mol. The molecule has 0 saturated carbocycles. The molecule has 86 valence electrons. The molecule has 0 radical (unpaired) electrons. The van der Waals surface area contributed by atoms with Crippen molar-refractivity contribution in [2.24, 2.45) is 10.9 Å². The van der Waals surface area contributed by atoms with Gasteiger partial charge in [-0.25, -0.2) is 4.79 Å². The number of benzene rings is 1. The molecule has 0 fully saturated rings. The molecule has 2 amide bonds. The molecule has 1 rings (SSSR count). The van der Waals surface area contributed by atoms with Crippen LogP contribution in [0.25, 0.3) is 0 Å². The van der Waals surface area contributed by atoms with Crippen LogP contribution in [0.3, 0.4) is 0 Å². The molecule has 0 saturated heterocycles. The molecular weight excluding hydrogens is 232 g/mol. The zero-order chi connectivity index (χ0) is 12.0. The summed E-state index contributed by atoms with van der Waals surface area (Å²) in [5.74, 6) is -0.0775. The van der Waals surface area contributed by atoms with Crippen molar-refractivity contribution in [2.75, 3.05) is 11.9 Å². The van der Waals surface area contributed by atoms with E-state index in [9.17, 15) is 4.79 Å². The van der Waals surface area contributed by atoms with Crippen molar-refractivity contribution in [3.05, 3.63) is 29.3 Å². The number of carbonyl (C=O) groups is 1. The van der Waals surface area contributed by atoms with Gasteiger partial charge in [0.2, 0.25) is 0 Å². The minimum atomic E-state index is -0.450. The fraction of sp³-hybridized carbons (Fsp3) is 0.111. The molecule has 0 unspecified atom stereocenters. The lowest BCUT2D eigenvalue weighted by Crippen LogP contribution is -2.36. The van der Waals surface area contributed by atoms with E-state index in [1.54, 1.807) is 24.3 Å². The van der Waals surface area contributed by atoms with Gasteiger partial charge in [0.15, 0.2) is 5.84 Å². The minimum absolute atomic E-state index is 0.0318. The van der Waals surface area contributed by atoms with Crippen LogP contribution < -0.4 is 16.4 Å². The van der Waals surface area contributed by atoms with E-state index in [1.165, 1.54) is 0 Å². The third kappa shape index (κ3) is 4.05. The average Bonchev–Trinajstić information content (AvgIpc) is 2.29. The van der Waals surface area contributed by atoms with Gasteiger partial charge in [-0.1, -0.05) is 16.8 Å². The van der Waals surface area contributed by atoms with Gasteiger partial charge in [0.05, 0.1) is 6.54 Å². The van der Waals surface area contributed by atoms with Crippen LogP contribution in [-0.2, 0) is 0 Å². The zero-order valence-electron chi connectivity index (χ0n) is 8.27. The number of nitrogens with zero attached hydrogens (tertiary/aromatic N) is 1. The summed E-state index contributed by atoms with van der Waals surface area (Å²) >= 11 is 5.68. The number of carbonyl (C=O) groups excluding carboxylic acids is 1. The van der Waals surface area contributed by atoms with E-state index in [4.69, 9.17) is 22.5 Å². The van der Waals surface area contributed by atoms with Gasteiger partial charge in [0, 0.05) is 10.7 Å². The lowest BCUT2D eigenvalue weighted by Gasteiger charge is -2.06. The Labute approximate surface area is 97.1 Å². The maximum Gasteiger partial charge on any atom is 0.319 e. The normalized spacial score (nSPS) is 10.9. The summed E-state index contributed by atoms with van der Waals surface area (Å²) < 4.78 is 0. The van der Waals surface area contributed by atoms with E-state index in [1.807, 2.05) is 0 Å². The summed E-state index contributed by atoms with van der Waals surface area (Å²) in [5.41, 5.74) is 5.77. The minimum Gasteiger partial charge on any atom is -0.409 e. The van der Waals surface area contributed by atoms with E-state index in [-0.39, 0.29) is 12.4 Å². The second-order valence-corrected chi connectivity index (χ2v) is 3.34. The number of amidine groups is 1. The Kier molecular flexibility index (Phi) is 4.41. The monoisotopic (exact) mass is 242 g/mol. The molecule has 0 aliphatic heterocycles. The number of oxime groups is 1. The fourth-order valence-electron chi connectivity index (χ4n) is 0.915. The Morgan fingerprint density at radius 2 is 2.06 bits per heavy atom. The summed E-state index contributed by atoms with van der Waals surface area (Å²) in [6, 6.07) is 6.17. The van der Waals surface area contributed by atoms with Gasteiger partial charge in [0.25, 0.3) is 0 Å². The van der Waals surface area contributed by atoms with Crippen LogP contribution in [-0.4, -0.2) is 23.6 Å². The van der Waals surface area contributed by atoms with Crippen molar-refractivity contribution in [1.29, 1.82) is 0 Å². The van der Waals surface area contributed by atoms with E-state index >= 15 is 0 Å². The molecule has 0 spiro atoms. The maximum absolute atomic E-state index is 11.3. The van der Waals surface area contributed by atoms with Crippen molar-refractivity contribution >= 4 is 29.2 Å². The number of nitrogens with one attached hydrogen (secondary N) is 2. The number of halogens is 1. The molecule has 0 bridgehead atoms. The van der Waals surface area contributed by atoms with Crippen LogP contribution in [0.4, 0.5) is 10.5 Å². The highest BCUT2D eigenvalue weighted by Crippen LogP contribution is 2.12. The van der Waals surface area contributed by atoms with E-state index < -0.39 is 6.03 Å². The molecule has 7 heteroatoms. The molecule has 1 aromatic rings. The first kappa shape index (κ1) is 12.1. The first-order valence-corrected chi connectivity index (χ1v) is 4.76. The molecule has 0 aliphatic rings. The standard InChI is InChI=1S/C9H11ClN4O2/c10-6-1-3-7(4-2-6)13-9(15)12-5-8(11)14-16/h1-4,16H,5H2,(H2,11,14)(H2,12,13,15). The number of anilines is 1. The summed E-state index contributed by atoms with van der Waals surface area (Å²) in [6.07, 6.45) is 0. The van der Waals surface area contributed by atoms with Crippen LogP contribution in [0.2, 0.25) is 5.02 Å². The van der Waals surface area contributed by atoms with Crippen LogP contribution >= 0.6 is 11.6 Å². The maximum atomic E-state index is 11.3. The van der Waals surface area contributed by atoms with Gasteiger partial charge in [0.1, 0.15) is 0 Å². The SMILES string of the molecule is N/C(CNC(=O)Nc1ccc(Cl)cc1)=N/O. The van der Waals surface area contributed by atoms with Crippen molar-refractivity contribution in [2.45, 2.75) is 0 Å². The second-order valence-electron chi connectivity index (χ2n) is 2.91. The van der Waals surface area contributed by atoms with Gasteiger partial charge in [-0.05, 0) is 24.3 Å². The highest BCUT2D eigenvalue weighted by molar-refractivity contribution is 6.30. The predicted octanol–water partition coefficient (Wildman–Crippen LogP) is 1.21. The third-order valence-corrected chi connectivity index (χ3v) is 1.91. The lowest BCUT2D eigenvalue weighted by atomic mass is 10.3. The quantitative estimate of drug-likeness (QED) is 0.277. The largest absolute Gasteiger partial charge is 0.409 e. The number of urea groups is 1. The second kappa shape index (κ2) is 5.82. The van der Waals surface area contributed by atoms with Crippen molar-refractivity contribution in [3.63, 3.8) is 0 Å². The van der Waals surface area contributed by atoms with Crippen LogP contribution in [0, 0.1) is 0 Å². The molecule has 0 atom stereocenters. The zero-order valence-corrected chi connectivity index (χ0v) is 9.03. The molecule has 0 heterocycles. The van der Waals surface area contributed by atoms with Crippen LogP contribution in [0.1, 0.15) is 0 Å². The Bertz CT molecular complexity index is 391. The Morgan fingerprint density at radius 3 is 2.62 bits per heavy atom. The highest BCUT2D eigenvalue weighted by atomic mass is 35.5. The number of hydrogen-bond acceptors (Lipinski definition) is 3. The first-order valence-electron chi connectivity index (χ1n) is 4.38. The van der Waals surface area contributed by atoms with E-state index in [2.05, 4.69) is 15.8 Å². The summed E-state index contributed by atoms with van der Waals surface area (Å²) in [7, 11) is 0. The van der Waals surface area contributed by atoms with Crippen LogP contribution in [0.15, 0.2) is 29.4 Å². The molecule has 1 aromatic carbocycles. The Morgan fingerprint density at radius 1 is 1.44 bits per heavy atom. The number of hydrogen-bond donors (Lipinski definition) is 4. The van der Waals surface area contributed by atoms with Crippen molar-refractivity contribution in [3.8, 4) is 0 Å². The Balaban J connectivity index is 2.43. The average molecular weight is 243 g/mol. The molecule has 16 heavy (non-hydrogen) atoms. The van der Waals surface area contributed by atoms with E-state index in [0.717, 1.165) is 0 Å². The summed E-state index contributed by atoms with van der Waals surface area (Å²) in [5, 5.41) is 16.5. The molecule has 5 N–H and O–H groups in total. The topological polar surface area (TPSA) is 99.7 Å². The Hall–Kier alpha value is -1.95. The fourth-order valence-corrected chi connectivity index (χ4v) is 1.04. The highest BCUT2D eigenvalue weighted by Gasteiger charge is 2.01. The van der Waals surface area contributed by atoms with Gasteiger partial charge in [-0.2, -0.15) is 0 Å². The van der Waals surface area contributed by atoms with Crippen molar-refractivity contribution in [1.82, 2.24) is 5.32 Å². The van der Waals surface area contributed by atoms with Crippen molar-refractivity contribution < 1.29 is 10.0 Å². The first-order chi connectivity index (χ1) is 7.61. The van der Waals surface area contributed by atoms with E-state index in [0.29, 0.717) is 10.7 Å². The molecule has 6 nitrogen and oxygen atoms in total. The van der Waals surface area contributed by atoms with Crippen LogP contribution in [0.5, 0.6) is 0 Å². The van der Waals surface area contributed by atoms with Gasteiger partial charge >= 0.3 is 6.03 Å². The molecule has 0 aliphatic carbocycles. The number of rotatable bonds is 3. The lowest BCUT2D eigenvalue weighted by molar-refractivity contribution is 0.253. The summed E-state index contributed by atoms with van der Waals surface area (Å²) in [4.78, 5) is 11.3. The molecular formula is C9H11ClN4O2. The molecule has 0 aromatic heterocycles. The van der Waals surface area contributed by atoms with Gasteiger partial charge < -0.3 is 21.6 Å². The van der Waals surface area contributed by atoms with Gasteiger partial charge in [-0.3, -0.25) is 0 Å². The number of nitrogens with two attached hydrogens (primary N) is 1. The smallest absolute Gasteiger partial charge is 0.319 e. The third-order valence-electron chi connectivity index (χ3n) is 1.66. The number of amides is 2. The van der Waals surface area contributed by atoms with Gasteiger partial charge in [-0.15, -0.1) is 0 Å².